The fourth-order valence-corrected chi connectivity index (χ4v) is 3.97. The Hall–Kier alpha value is -1.99. The summed E-state index contributed by atoms with van der Waals surface area (Å²) in [6.45, 7) is 5.78. The van der Waals surface area contributed by atoms with Gasteiger partial charge in [0.2, 0.25) is 5.91 Å². The number of benzene rings is 1. The van der Waals surface area contributed by atoms with Crippen molar-refractivity contribution in [2.24, 2.45) is 0 Å². The van der Waals surface area contributed by atoms with Gasteiger partial charge in [-0.2, -0.15) is 15.0 Å². The molecule has 1 aromatic heterocycles. The third kappa shape index (κ3) is 4.04. The second-order valence-electron chi connectivity index (χ2n) is 7.20. The Morgan fingerprint density at radius 3 is 2.54 bits per heavy atom. The van der Waals surface area contributed by atoms with Crippen molar-refractivity contribution in [3.63, 3.8) is 0 Å². The summed E-state index contributed by atoms with van der Waals surface area (Å²) < 4.78 is 5.42. The quantitative estimate of drug-likeness (QED) is 0.812. The number of carbonyl (C=O) groups is 1. The highest BCUT2D eigenvalue weighted by atomic mass is 16.5. The van der Waals surface area contributed by atoms with E-state index in [2.05, 4.69) is 20.0 Å². The van der Waals surface area contributed by atoms with E-state index in [4.69, 9.17) is 4.74 Å². The number of carbonyl (C=O) groups excluding carboxylic acids is 1. The molecule has 0 saturated carbocycles. The number of hydrogen-bond donors (Lipinski definition) is 0. The molecule has 7 nitrogen and oxygen atoms in total. The Labute approximate surface area is 153 Å². The largest absolute Gasteiger partial charge is 0.379 e. The summed E-state index contributed by atoms with van der Waals surface area (Å²) in [4.78, 5) is 19.0. The Balaban J connectivity index is 1.37. The normalized spacial score (nSPS) is 22.0. The van der Waals surface area contributed by atoms with Crippen LogP contribution in [-0.2, 0) is 16.1 Å². The summed E-state index contributed by atoms with van der Waals surface area (Å²) in [5.41, 5.74) is 1.67. The first-order valence-electron chi connectivity index (χ1n) is 9.69. The Bertz CT molecular complexity index is 707. The topological polar surface area (TPSA) is 63.5 Å². The molecule has 140 valence electrons. The van der Waals surface area contributed by atoms with E-state index < -0.39 is 0 Å². The summed E-state index contributed by atoms with van der Waals surface area (Å²) in [6, 6.07) is 8.07. The van der Waals surface area contributed by atoms with Crippen molar-refractivity contribution in [1.82, 2.24) is 24.8 Å². The van der Waals surface area contributed by atoms with Crippen molar-refractivity contribution in [2.45, 2.75) is 38.3 Å². The lowest BCUT2D eigenvalue weighted by Gasteiger charge is -2.37. The molecule has 4 rings (SSSR count). The molecule has 2 aliphatic rings. The van der Waals surface area contributed by atoms with E-state index in [1.54, 1.807) is 4.80 Å². The average molecular weight is 357 g/mol. The first-order valence-corrected chi connectivity index (χ1v) is 9.69. The van der Waals surface area contributed by atoms with Crippen molar-refractivity contribution >= 4 is 16.9 Å². The SMILES string of the molecule is O=C(Cn1nc2ccccc2n1)N1CCCC[C@H]1CCN1CCOCC1. The molecule has 1 atom stereocenters. The van der Waals surface area contributed by atoms with Crippen LogP contribution in [0.4, 0.5) is 0 Å². The number of morpholine rings is 1. The highest BCUT2D eigenvalue weighted by Crippen LogP contribution is 2.21. The third-order valence-electron chi connectivity index (χ3n) is 5.43. The van der Waals surface area contributed by atoms with Crippen LogP contribution in [0.1, 0.15) is 25.7 Å². The van der Waals surface area contributed by atoms with E-state index in [-0.39, 0.29) is 12.5 Å². The molecule has 7 heteroatoms. The predicted octanol–water partition coefficient (Wildman–Crippen LogP) is 1.53. The molecule has 2 saturated heterocycles. The summed E-state index contributed by atoms with van der Waals surface area (Å²) in [5.74, 6) is 0.136. The van der Waals surface area contributed by atoms with Crippen molar-refractivity contribution in [3.05, 3.63) is 24.3 Å². The van der Waals surface area contributed by atoms with Gasteiger partial charge in [-0.25, -0.2) is 0 Å². The number of rotatable bonds is 5. The van der Waals surface area contributed by atoms with E-state index in [1.165, 1.54) is 6.42 Å². The molecule has 1 amide bonds. The average Bonchev–Trinajstić information content (AvgIpc) is 3.09. The van der Waals surface area contributed by atoms with Gasteiger partial charge in [-0.05, 0) is 37.8 Å². The minimum absolute atomic E-state index is 0.136. The number of piperidine rings is 1. The number of nitrogens with zero attached hydrogens (tertiary/aromatic N) is 5. The lowest BCUT2D eigenvalue weighted by molar-refractivity contribution is -0.136. The van der Waals surface area contributed by atoms with Crippen molar-refractivity contribution < 1.29 is 9.53 Å². The molecule has 0 spiro atoms. The molecule has 2 aromatic rings. The van der Waals surface area contributed by atoms with Gasteiger partial charge in [-0.1, -0.05) is 12.1 Å². The van der Waals surface area contributed by atoms with Gasteiger partial charge in [0.1, 0.15) is 17.6 Å². The monoisotopic (exact) mass is 357 g/mol. The van der Waals surface area contributed by atoms with E-state index in [1.807, 2.05) is 24.3 Å². The second kappa shape index (κ2) is 8.14. The Morgan fingerprint density at radius 1 is 1.08 bits per heavy atom. The van der Waals surface area contributed by atoms with Gasteiger partial charge in [0.25, 0.3) is 0 Å². The van der Waals surface area contributed by atoms with Crippen LogP contribution in [0, 0.1) is 0 Å². The maximum atomic E-state index is 12.9. The van der Waals surface area contributed by atoms with E-state index >= 15 is 0 Å². The molecule has 0 bridgehead atoms. The molecule has 0 unspecified atom stereocenters. The molecule has 2 aliphatic heterocycles. The lowest BCUT2D eigenvalue weighted by atomic mass is 9.99. The van der Waals surface area contributed by atoms with Crippen molar-refractivity contribution in [1.29, 1.82) is 0 Å². The summed E-state index contributed by atoms with van der Waals surface area (Å²) in [5, 5.41) is 8.86. The molecular formula is C19H27N5O2. The number of fused-ring (bicyclic) bond motifs is 1. The fourth-order valence-electron chi connectivity index (χ4n) is 3.97. The zero-order chi connectivity index (χ0) is 17.8. The van der Waals surface area contributed by atoms with Crippen LogP contribution in [0.5, 0.6) is 0 Å². The summed E-state index contributed by atoms with van der Waals surface area (Å²) in [7, 11) is 0. The van der Waals surface area contributed by atoms with Crippen LogP contribution in [0.15, 0.2) is 24.3 Å². The van der Waals surface area contributed by atoms with Crippen LogP contribution in [0.25, 0.3) is 11.0 Å². The van der Waals surface area contributed by atoms with E-state index in [0.717, 1.165) is 69.7 Å². The third-order valence-corrected chi connectivity index (χ3v) is 5.43. The van der Waals surface area contributed by atoms with Crippen LogP contribution in [0.3, 0.4) is 0 Å². The molecule has 2 fully saturated rings. The minimum atomic E-state index is 0.136. The second-order valence-corrected chi connectivity index (χ2v) is 7.20. The number of ether oxygens (including phenoxy) is 1. The molecule has 0 aliphatic carbocycles. The van der Waals surface area contributed by atoms with E-state index in [9.17, 15) is 4.79 Å². The Kier molecular flexibility index (Phi) is 5.45. The fraction of sp³-hybridized carbons (Fsp3) is 0.632. The van der Waals surface area contributed by atoms with Crippen LogP contribution < -0.4 is 0 Å². The maximum Gasteiger partial charge on any atom is 0.246 e. The number of likely N-dealkylation sites (tertiary alicyclic amines) is 1. The lowest BCUT2D eigenvalue weighted by Crippen LogP contribution is -2.47. The van der Waals surface area contributed by atoms with Crippen molar-refractivity contribution in [3.8, 4) is 0 Å². The first-order chi connectivity index (χ1) is 12.8. The summed E-state index contributed by atoms with van der Waals surface area (Å²) >= 11 is 0. The molecule has 3 heterocycles. The van der Waals surface area contributed by atoms with Crippen LogP contribution in [-0.4, -0.2) is 76.1 Å². The van der Waals surface area contributed by atoms with Gasteiger partial charge in [0, 0.05) is 32.2 Å². The van der Waals surface area contributed by atoms with Crippen molar-refractivity contribution in [2.75, 3.05) is 39.4 Å². The highest BCUT2D eigenvalue weighted by molar-refractivity contribution is 5.77. The zero-order valence-corrected chi connectivity index (χ0v) is 15.2. The zero-order valence-electron chi connectivity index (χ0n) is 15.2. The molecular weight excluding hydrogens is 330 g/mol. The van der Waals surface area contributed by atoms with Crippen LogP contribution >= 0.6 is 0 Å². The van der Waals surface area contributed by atoms with Gasteiger partial charge in [0.15, 0.2) is 0 Å². The smallest absolute Gasteiger partial charge is 0.246 e. The van der Waals surface area contributed by atoms with Gasteiger partial charge in [0.05, 0.1) is 13.2 Å². The number of amides is 1. The van der Waals surface area contributed by atoms with Gasteiger partial charge < -0.3 is 9.64 Å². The molecule has 0 N–H and O–H groups in total. The molecule has 1 aromatic carbocycles. The first kappa shape index (κ1) is 17.4. The van der Waals surface area contributed by atoms with Gasteiger partial charge >= 0.3 is 0 Å². The standard InChI is InChI=1S/C19H27N5O2/c25-19(15-24-20-17-6-1-2-7-18(17)21-24)23-9-4-3-5-16(23)8-10-22-11-13-26-14-12-22/h1-2,6-7,16H,3-5,8-15H2/t16-/m0/s1. The van der Waals surface area contributed by atoms with Gasteiger partial charge in [-0.15, -0.1) is 0 Å². The highest BCUT2D eigenvalue weighted by Gasteiger charge is 2.27. The number of aromatic nitrogens is 3. The minimum Gasteiger partial charge on any atom is -0.379 e. The predicted molar refractivity (Wildman–Crippen MR) is 98.8 cm³/mol. The molecule has 0 radical (unpaired) electrons. The summed E-state index contributed by atoms with van der Waals surface area (Å²) in [6.07, 6.45) is 4.45. The Morgan fingerprint density at radius 2 is 1.81 bits per heavy atom. The number of hydrogen-bond acceptors (Lipinski definition) is 5. The van der Waals surface area contributed by atoms with E-state index in [0.29, 0.717) is 6.04 Å². The van der Waals surface area contributed by atoms with Crippen LogP contribution in [0.2, 0.25) is 0 Å². The maximum absolute atomic E-state index is 12.9. The molecule has 26 heavy (non-hydrogen) atoms. The van der Waals surface area contributed by atoms with Gasteiger partial charge in [-0.3, -0.25) is 9.69 Å².